The van der Waals surface area contributed by atoms with Crippen molar-refractivity contribution < 1.29 is 18.0 Å². The number of amides is 1. The molecule has 7 heteroatoms. The minimum Gasteiger partial charge on any atom is -0.376 e. The molecular formula is C14H18F3N3O. The highest BCUT2D eigenvalue weighted by Gasteiger charge is 2.32. The largest absolute Gasteiger partial charge is 0.401 e. The Morgan fingerprint density at radius 1 is 1.10 bits per heavy atom. The van der Waals surface area contributed by atoms with Crippen LogP contribution in [0.25, 0.3) is 0 Å². The fourth-order valence-corrected chi connectivity index (χ4v) is 2.25. The van der Waals surface area contributed by atoms with Crippen LogP contribution in [0.5, 0.6) is 0 Å². The molecule has 0 atom stereocenters. The van der Waals surface area contributed by atoms with Gasteiger partial charge >= 0.3 is 6.18 Å². The smallest absolute Gasteiger partial charge is 0.376 e. The van der Waals surface area contributed by atoms with E-state index in [1.54, 1.807) is 4.90 Å². The van der Waals surface area contributed by atoms with Crippen molar-refractivity contribution >= 4 is 11.6 Å². The number of rotatable bonds is 4. The lowest BCUT2D eigenvalue weighted by molar-refractivity contribution is -0.151. The summed E-state index contributed by atoms with van der Waals surface area (Å²) in [6.45, 7) is 0.449. The lowest BCUT2D eigenvalue weighted by Gasteiger charge is -2.35. The molecule has 0 saturated carbocycles. The first-order chi connectivity index (χ1) is 9.94. The van der Waals surface area contributed by atoms with E-state index in [0.29, 0.717) is 13.1 Å². The van der Waals surface area contributed by atoms with Gasteiger partial charge in [0.2, 0.25) is 5.91 Å². The van der Waals surface area contributed by atoms with Crippen molar-refractivity contribution in [2.75, 3.05) is 44.6 Å². The number of piperazine rings is 1. The molecule has 1 aromatic carbocycles. The number of carbonyl (C=O) groups excluding carboxylic acids is 1. The van der Waals surface area contributed by atoms with Gasteiger partial charge in [-0.15, -0.1) is 0 Å². The maximum Gasteiger partial charge on any atom is 0.401 e. The number of anilines is 1. The quantitative estimate of drug-likeness (QED) is 0.921. The molecule has 0 unspecified atom stereocenters. The van der Waals surface area contributed by atoms with E-state index in [-0.39, 0.29) is 25.5 Å². The number of halogens is 3. The number of carbonyl (C=O) groups is 1. The minimum absolute atomic E-state index is 0.0921. The first kappa shape index (κ1) is 15.6. The van der Waals surface area contributed by atoms with E-state index in [1.165, 1.54) is 4.90 Å². The third kappa shape index (κ3) is 5.26. The van der Waals surface area contributed by atoms with Crippen molar-refractivity contribution in [2.45, 2.75) is 6.18 Å². The van der Waals surface area contributed by atoms with E-state index in [9.17, 15) is 18.0 Å². The topological polar surface area (TPSA) is 35.6 Å². The van der Waals surface area contributed by atoms with Crippen LogP contribution in [0.2, 0.25) is 0 Å². The average molecular weight is 301 g/mol. The standard InChI is InChI=1S/C14H18F3N3O/c15-14(16,17)11-19-6-8-20(9-7-19)13(21)10-18-12-4-2-1-3-5-12/h1-5,18H,6-11H2. The number of para-hydroxylation sites is 1. The van der Waals surface area contributed by atoms with Crippen LogP contribution in [-0.4, -0.2) is 61.2 Å². The van der Waals surface area contributed by atoms with Gasteiger partial charge in [-0.1, -0.05) is 18.2 Å². The maximum absolute atomic E-state index is 12.3. The average Bonchev–Trinajstić information content (AvgIpc) is 2.45. The molecule has 0 aliphatic carbocycles. The van der Waals surface area contributed by atoms with E-state index < -0.39 is 12.7 Å². The molecule has 1 aliphatic heterocycles. The highest BCUT2D eigenvalue weighted by molar-refractivity contribution is 5.81. The van der Waals surface area contributed by atoms with Crippen LogP contribution in [0.1, 0.15) is 0 Å². The third-order valence-electron chi connectivity index (χ3n) is 3.35. The Morgan fingerprint density at radius 3 is 2.29 bits per heavy atom. The van der Waals surface area contributed by atoms with Crippen molar-refractivity contribution in [2.24, 2.45) is 0 Å². The molecule has 1 aliphatic rings. The van der Waals surface area contributed by atoms with E-state index in [2.05, 4.69) is 5.32 Å². The van der Waals surface area contributed by atoms with E-state index in [1.807, 2.05) is 30.3 Å². The van der Waals surface area contributed by atoms with Gasteiger partial charge in [-0.2, -0.15) is 13.2 Å². The number of alkyl halides is 3. The summed E-state index contributed by atoms with van der Waals surface area (Å²) >= 11 is 0. The summed E-state index contributed by atoms with van der Waals surface area (Å²) in [6.07, 6.45) is -4.18. The predicted molar refractivity (Wildman–Crippen MR) is 74.0 cm³/mol. The summed E-state index contributed by atoms with van der Waals surface area (Å²) in [7, 11) is 0. The van der Waals surface area contributed by atoms with Crippen molar-refractivity contribution in [3.63, 3.8) is 0 Å². The molecule has 0 aromatic heterocycles. The lowest BCUT2D eigenvalue weighted by atomic mass is 10.3. The summed E-state index contributed by atoms with van der Waals surface area (Å²) in [5.74, 6) is -0.0921. The zero-order valence-corrected chi connectivity index (χ0v) is 11.6. The van der Waals surface area contributed by atoms with Gasteiger partial charge in [0, 0.05) is 31.9 Å². The molecule has 2 rings (SSSR count). The van der Waals surface area contributed by atoms with Crippen LogP contribution in [0.15, 0.2) is 30.3 Å². The Labute approximate surface area is 121 Å². The van der Waals surface area contributed by atoms with Gasteiger partial charge in [-0.3, -0.25) is 9.69 Å². The number of benzene rings is 1. The van der Waals surface area contributed by atoms with Crippen LogP contribution < -0.4 is 5.32 Å². The van der Waals surface area contributed by atoms with Crippen LogP contribution in [-0.2, 0) is 4.79 Å². The van der Waals surface area contributed by atoms with E-state index in [0.717, 1.165) is 5.69 Å². The van der Waals surface area contributed by atoms with Crippen molar-refractivity contribution in [1.29, 1.82) is 0 Å². The van der Waals surface area contributed by atoms with Gasteiger partial charge in [0.25, 0.3) is 0 Å². The van der Waals surface area contributed by atoms with Gasteiger partial charge in [0.1, 0.15) is 0 Å². The van der Waals surface area contributed by atoms with Gasteiger partial charge in [-0.25, -0.2) is 0 Å². The molecule has 1 N–H and O–H groups in total. The molecule has 1 fully saturated rings. The minimum atomic E-state index is -4.18. The number of nitrogens with one attached hydrogen (secondary N) is 1. The molecule has 21 heavy (non-hydrogen) atoms. The zero-order chi connectivity index (χ0) is 15.3. The lowest BCUT2D eigenvalue weighted by Crippen LogP contribution is -2.52. The van der Waals surface area contributed by atoms with Crippen LogP contribution in [0, 0.1) is 0 Å². The number of hydrogen-bond donors (Lipinski definition) is 1. The van der Waals surface area contributed by atoms with Crippen LogP contribution >= 0.6 is 0 Å². The normalized spacial score (nSPS) is 16.8. The Hall–Kier alpha value is -1.76. The summed E-state index contributed by atoms with van der Waals surface area (Å²) in [5.41, 5.74) is 0.849. The Morgan fingerprint density at radius 2 is 1.71 bits per heavy atom. The Balaban J connectivity index is 1.73. The van der Waals surface area contributed by atoms with E-state index in [4.69, 9.17) is 0 Å². The van der Waals surface area contributed by atoms with E-state index >= 15 is 0 Å². The maximum atomic E-state index is 12.3. The van der Waals surface area contributed by atoms with Gasteiger partial charge in [0.15, 0.2) is 0 Å². The fourth-order valence-electron chi connectivity index (χ4n) is 2.25. The molecular weight excluding hydrogens is 283 g/mol. The molecule has 116 valence electrons. The van der Waals surface area contributed by atoms with Crippen LogP contribution in [0.4, 0.5) is 18.9 Å². The molecule has 4 nitrogen and oxygen atoms in total. The van der Waals surface area contributed by atoms with Crippen LogP contribution in [0.3, 0.4) is 0 Å². The molecule has 0 radical (unpaired) electrons. The second-order valence-corrected chi connectivity index (χ2v) is 4.99. The highest BCUT2D eigenvalue weighted by atomic mass is 19.4. The number of nitrogens with zero attached hydrogens (tertiary/aromatic N) is 2. The van der Waals surface area contributed by atoms with Crippen molar-refractivity contribution in [3.8, 4) is 0 Å². The molecule has 0 spiro atoms. The molecule has 1 amide bonds. The molecule has 1 saturated heterocycles. The predicted octanol–water partition coefficient (Wildman–Crippen LogP) is 1.81. The summed E-state index contributed by atoms with van der Waals surface area (Å²) < 4.78 is 36.8. The first-order valence-electron chi connectivity index (χ1n) is 6.80. The molecule has 1 aromatic rings. The second-order valence-electron chi connectivity index (χ2n) is 4.99. The van der Waals surface area contributed by atoms with Gasteiger partial charge in [-0.05, 0) is 12.1 Å². The molecule has 1 heterocycles. The third-order valence-corrected chi connectivity index (χ3v) is 3.35. The Bertz CT molecular complexity index is 456. The number of hydrogen-bond acceptors (Lipinski definition) is 3. The molecule has 0 bridgehead atoms. The first-order valence-corrected chi connectivity index (χ1v) is 6.80. The van der Waals surface area contributed by atoms with Gasteiger partial charge < -0.3 is 10.2 Å². The summed E-state index contributed by atoms with van der Waals surface area (Å²) in [5, 5.41) is 3.01. The Kier molecular flexibility index (Phi) is 5.06. The summed E-state index contributed by atoms with van der Waals surface area (Å²) in [6, 6.07) is 9.32. The fraction of sp³-hybridized carbons (Fsp3) is 0.500. The summed E-state index contributed by atoms with van der Waals surface area (Å²) in [4.78, 5) is 14.9. The zero-order valence-electron chi connectivity index (χ0n) is 11.6. The second kappa shape index (κ2) is 6.80. The van der Waals surface area contributed by atoms with Crippen molar-refractivity contribution in [1.82, 2.24) is 9.80 Å². The monoisotopic (exact) mass is 301 g/mol. The SMILES string of the molecule is O=C(CNc1ccccc1)N1CCN(CC(F)(F)F)CC1. The highest BCUT2D eigenvalue weighted by Crippen LogP contribution is 2.17. The van der Waals surface area contributed by atoms with Crippen molar-refractivity contribution in [3.05, 3.63) is 30.3 Å². The van der Waals surface area contributed by atoms with Gasteiger partial charge in [0.05, 0.1) is 13.1 Å².